The largest absolute Gasteiger partial charge is 0.325 e. The maximum atomic E-state index is 14.1. The third kappa shape index (κ3) is 5.61. The van der Waals surface area contributed by atoms with Crippen molar-refractivity contribution in [3.63, 3.8) is 0 Å². The molecule has 0 aliphatic carbocycles. The molecule has 202 valence electrons. The average Bonchev–Trinajstić information content (AvgIpc) is 3.32. The second kappa shape index (κ2) is 11.4. The van der Waals surface area contributed by atoms with Gasteiger partial charge in [-0.25, -0.2) is 4.98 Å². The summed E-state index contributed by atoms with van der Waals surface area (Å²) in [6, 6.07) is 26.1. The number of benzene rings is 3. The van der Waals surface area contributed by atoms with Crippen LogP contribution in [0.1, 0.15) is 27.1 Å². The lowest BCUT2D eigenvalue weighted by Crippen LogP contribution is -2.30. The second-order valence-electron chi connectivity index (χ2n) is 10.2. The molecule has 0 atom stereocenters. The monoisotopic (exact) mass is 566 g/mol. The summed E-state index contributed by atoms with van der Waals surface area (Å²) in [5, 5.41) is 4.19. The normalized spacial score (nSPS) is 13.3. The number of aromatic nitrogens is 2. The fourth-order valence-electron chi connectivity index (χ4n) is 5.04. The first-order valence-electron chi connectivity index (χ1n) is 13.3. The highest BCUT2D eigenvalue weighted by Crippen LogP contribution is 2.35. The number of hydrogen-bond donors (Lipinski definition) is 1. The molecular formula is C32H30N4O2S2. The summed E-state index contributed by atoms with van der Waals surface area (Å²) < 4.78 is 1.68. The Morgan fingerprint density at radius 1 is 0.975 bits per heavy atom. The molecule has 0 unspecified atom stereocenters. The lowest BCUT2D eigenvalue weighted by Gasteiger charge is -2.26. The van der Waals surface area contributed by atoms with Gasteiger partial charge in [-0.2, -0.15) is 0 Å². The van der Waals surface area contributed by atoms with Gasteiger partial charge in [0.2, 0.25) is 5.91 Å². The van der Waals surface area contributed by atoms with Crippen molar-refractivity contribution >= 4 is 44.9 Å². The van der Waals surface area contributed by atoms with E-state index in [0.29, 0.717) is 10.5 Å². The van der Waals surface area contributed by atoms with E-state index in [9.17, 15) is 9.59 Å². The van der Waals surface area contributed by atoms with Crippen LogP contribution in [0.2, 0.25) is 0 Å². The summed E-state index contributed by atoms with van der Waals surface area (Å²) in [5.74, 6) is 0.00820. The number of carbonyl (C=O) groups is 1. The number of anilines is 1. The average molecular weight is 567 g/mol. The van der Waals surface area contributed by atoms with Crippen LogP contribution in [0, 0.1) is 13.8 Å². The molecule has 0 fully saturated rings. The molecule has 0 bridgehead atoms. The van der Waals surface area contributed by atoms with Gasteiger partial charge in [-0.05, 0) is 55.7 Å². The molecule has 6 nitrogen and oxygen atoms in total. The number of hydrogen-bond acceptors (Lipinski definition) is 6. The third-order valence-corrected chi connectivity index (χ3v) is 9.18. The number of amides is 1. The Kier molecular flexibility index (Phi) is 7.56. The van der Waals surface area contributed by atoms with Crippen LogP contribution in [0.3, 0.4) is 0 Å². The van der Waals surface area contributed by atoms with Gasteiger partial charge in [0.15, 0.2) is 5.16 Å². The maximum absolute atomic E-state index is 14.1. The first kappa shape index (κ1) is 26.5. The van der Waals surface area contributed by atoms with E-state index in [4.69, 9.17) is 4.98 Å². The lowest BCUT2D eigenvalue weighted by molar-refractivity contribution is -0.113. The van der Waals surface area contributed by atoms with E-state index in [1.807, 2.05) is 68.4 Å². The molecule has 1 N–H and O–H groups in total. The molecule has 2 aromatic heterocycles. The minimum absolute atomic E-state index is 0.0655. The molecule has 3 aromatic carbocycles. The lowest BCUT2D eigenvalue weighted by atomic mass is 10.0. The number of thioether (sulfide) groups is 1. The predicted octanol–water partition coefficient (Wildman–Crippen LogP) is 6.35. The molecule has 3 heterocycles. The summed E-state index contributed by atoms with van der Waals surface area (Å²) in [7, 11) is 0. The van der Waals surface area contributed by atoms with Gasteiger partial charge < -0.3 is 5.32 Å². The Morgan fingerprint density at radius 3 is 2.40 bits per heavy atom. The fraction of sp³-hybridized carbons (Fsp3) is 0.219. The van der Waals surface area contributed by atoms with Crippen LogP contribution in [0.5, 0.6) is 0 Å². The van der Waals surface area contributed by atoms with Crippen molar-refractivity contribution in [2.24, 2.45) is 0 Å². The smallest absolute Gasteiger partial charge is 0.267 e. The summed E-state index contributed by atoms with van der Waals surface area (Å²) in [4.78, 5) is 36.3. The molecule has 1 aliphatic rings. The minimum Gasteiger partial charge on any atom is -0.325 e. The number of nitrogens with zero attached hydrogens (tertiary/aromatic N) is 3. The van der Waals surface area contributed by atoms with Crippen molar-refractivity contribution in [2.45, 2.75) is 38.5 Å². The zero-order valence-corrected chi connectivity index (χ0v) is 24.1. The van der Waals surface area contributed by atoms with Crippen molar-refractivity contribution in [2.75, 3.05) is 17.6 Å². The number of thiophene rings is 1. The number of carbonyl (C=O) groups excluding carboxylic acids is 1. The van der Waals surface area contributed by atoms with Gasteiger partial charge in [-0.1, -0.05) is 77.5 Å². The Hall–Kier alpha value is -3.72. The van der Waals surface area contributed by atoms with Crippen molar-refractivity contribution in [1.82, 2.24) is 14.5 Å². The molecule has 0 saturated heterocycles. The Bertz CT molecular complexity index is 1730. The van der Waals surface area contributed by atoms with Crippen LogP contribution in [-0.4, -0.2) is 32.7 Å². The molecule has 5 aromatic rings. The topological polar surface area (TPSA) is 67.2 Å². The van der Waals surface area contributed by atoms with Gasteiger partial charge in [0.05, 0.1) is 16.8 Å². The van der Waals surface area contributed by atoms with Crippen LogP contribution in [0.25, 0.3) is 15.9 Å². The zero-order chi connectivity index (χ0) is 27.6. The molecule has 0 saturated carbocycles. The molecule has 0 radical (unpaired) electrons. The number of fused-ring (bicyclic) bond motifs is 3. The van der Waals surface area contributed by atoms with E-state index in [2.05, 4.69) is 34.5 Å². The van der Waals surface area contributed by atoms with E-state index >= 15 is 0 Å². The van der Waals surface area contributed by atoms with Gasteiger partial charge in [0.1, 0.15) is 4.83 Å². The summed E-state index contributed by atoms with van der Waals surface area (Å²) in [6.07, 6.45) is 0.818. The molecule has 1 aliphatic heterocycles. The van der Waals surface area contributed by atoms with Crippen molar-refractivity contribution < 1.29 is 4.79 Å². The van der Waals surface area contributed by atoms with Gasteiger partial charge in [-0.3, -0.25) is 19.1 Å². The number of rotatable bonds is 7. The highest BCUT2D eigenvalue weighted by atomic mass is 32.2. The van der Waals surface area contributed by atoms with E-state index in [0.717, 1.165) is 59.0 Å². The van der Waals surface area contributed by atoms with Gasteiger partial charge in [-0.15, -0.1) is 11.3 Å². The fourth-order valence-corrected chi connectivity index (χ4v) is 7.15. The van der Waals surface area contributed by atoms with E-state index in [-0.39, 0.29) is 17.2 Å². The first-order valence-corrected chi connectivity index (χ1v) is 15.1. The molecule has 8 heteroatoms. The molecule has 1 amide bonds. The van der Waals surface area contributed by atoms with Crippen LogP contribution in [0.4, 0.5) is 5.69 Å². The Balaban J connectivity index is 1.32. The molecule has 6 rings (SSSR count). The van der Waals surface area contributed by atoms with Gasteiger partial charge in [0, 0.05) is 30.2 Å². The number of nitrogens with one attached hydrogen (secondary N) is 1. The highest BCUT2D eigenvalue weighted by molar-refractivity contribution is 7.99. The van der Waals surface area contributed by atoms with E-state index in [1.54, 1.807) is 15.9 Å². The standard InChI is InChI=1S/C32H30N4O2S2/c1-21-8-12-24(13-9-21)33-28(37)20-39-32-34-30-29(31(38)36(32)25-14-10-22(2)11-15-25)26-16-17-35(19-27(26)40-30)18-23-6-4-3-5-7-23/h3-15H,16-20H2,1-2H3,(H,33,37). The first-order chi connectivity index (χ1) is 19.4. The highest BCUT2D eigenvalue weighted by Gasteiger charge is 2.26. The summed E-state index contributed by atoms with van der Waals surface area (Å²) in [5.41, 5.74) is 6.10. The Labute approximate surface area is 241 Å². The SMILES string of the molecule is Cc1ccc(NC(=O)CSc2nc3sc4c(c3c(=O)n2-c2ccc(C)cc2)CCN(Cc2ccccc2)C4)cc1. The van der Waals surface area contributed by atoms with Gasteiger partial charge >= 0.3 is 0 Å². The van der Waals surface area contributed by atoms with Crippen molar-refractivity contribution in [3.05, 3.63) is 116 Å². The third-order valence-electron chi connectivity index (χ3n) is 7.13. The Morgan fingerprint density at radius 2 is 1.68 bits per heavy atom. The van der Waals surface area contributed by atoms with Crippen LogP contribution in [0.15, 0.2) is 88.8 Å². The molecule has 0 spiro atoms. The summed E-state index contributed by atoms with van der Waals surface area (Å²) in [6.45, 7) is 6.61. The zero-order valence-electron chi connectivity index (χ0n) is 22.5. The maximum Gasteiger partial charge on any atom is 0.267 e. The van der Waals surface area contributed by atoms with E-state index < -0.39 is 0 Å². The quantitative estimate of drug-likeness (QED) is 0.184. The van der Waals surface area contributed by atoms with E-state index in [1.165, 1.54) is 22.2 Å². The van der Waals surface area contributed by atoms with Crippen LogP contribution >= 0.6 is 23.1 Å². The predicted molar refractivity (Wildman–Crippen MR) is 165 cm³/mol. The van der Waals surface area contributed by atoms with Crippen molar-refractivity contribution in [1.29, 1.82) is 0 Å². The molecule has 40 heavy (non-hydrogen) atoms. The van der Waals surface area contributed by atoms with Gasteiger partial charge in [0.25, 0.3) is 5.56 Å². The molecular weight excluding hydrogens is 537 g/mol. The minimum atomic E-state index is -0.138. The van der Waals surface area contributed by atoms with Crippen molar-refractivity contribution in [3.8, 4) is 5.69 Å². The van der Waals surface area contributed by atoms with Crippen LogP contribution < -0.4 is 10.9 Å². The van der Waals surface area contributed by atoms with Crippen LogP contribution in [-0.2, 0) is 24.3 Å². The number of aryl methyl sites for hydroxylation is 2. The second-order valence-corrected chi connectivity index (χ2v) is 12.2. The summed E-state index contributed by atoms with van der Waals surface area (Å²) >= 11 is 2.90.